The monoisotopic (exact) mass is 1150 g/mol. The molecule has 0 amide bonds. The van der Waals surface area contributed by atoms with Gasteiger partial charge in [0.2, 0.25) is 5.79 Å². The molecule has 3 aromatic carbocycles. The number of carbonyl (C=O) groups excluding carboxylic acids is 5. The zero-order valence-electron chi connectivity index (χ0n) is 43.1. The van der Waals surface area contributed by atoms with E-state index in [4.69, 9.17) is 56.8 Å². The molecule has 0 aliphatic carbocycles. The van der Waals surface area contributed by atoms with Gasteiger partial charge in [0.25, 0.3) is 0 Å². The molecule has 0 saturated carbocycles. The number of benzene rings is 3. The van der Waals surface area contributed by atoms with Crippen molar-refractivity contribution < 1.29 is 137 Å². The molecule has 4 aliphatic heterocycles. The van der Waals surface area contributed by atoms with Crippen molar-refractivity contribution in [1.82, 2.24) is 0 Å². The first-order chi connectivity index (χ1) is 38.6. The fourth-order valence-corrected chi connectivity index (χ4v) is 8.85. The van der Waals surface area contributed by atoms with Crippen molar-refractivity contribution >= 4 is 42.0 Å². The van der Waals surface area contributed by atoms with Crippen molar-refractivity contribution in [1.29, 1.82) is 0 Å². The number of hydrogen-bond acceptors (Lipinski definition) is 28. The highest BCUT2D eigenvalue weighted by Gasteiger charge is 2.64. The molecule has 4 fully saturated rings. The maximum Gasteiger partial charge on any atom is 0.338 e. The number of carbonyl (C=O) groups is 5. The summed E-state index contributed by atoms with van der Waals surface area (Å²) < 4.78 is 71.2. The molecule has 3 aromatic rings. The van der Waals surface area contributed by atoms with Crippen LogP contribution >= 0.6 is 0 Å². The summed E-state index contributed by atoms with van der Waals surface area (Å²) in [6.45, 7) is -2.98. The summed E-state index contributed by atoms with van der Waals surface area (Å²) in [4.78, 5) is 66.1. The lowest BCUT2D eigenvalue weighted by Gasteiger charge is -2.50. The number of aromatic hydroxyl groups is 2. The van der Waals surface area contributed by atoms with Crippen molar-refractivity contribution in [3.63, 3.8) is 0 Å². The zero-order chi connectivity index (χ0) is 58.7. The third-order valence-corrected chi connectivity index (χ3v) is 13.1. The van der Waals surface area contributed by atoms with Crippen LogP contribution in [-0.2, 0) is 76.0 Å². The summed E-state index contributed by atoms with van der Waals surface area (Å²) in [7, 11) is 0. The maximum atomic E-state index is 14.0. The average molecular weight is 1150 g/mol. The van der Waals surface area contributed by atoms with E-state index >= 15 is 0 Å². The van der Waals surface area contributed by atoms with Crippen molar-refractivity contribution in [2.45, 2.75) is 130 Å². The normalized spacial score (nSPS) is 34.1. The molecule has 19 atom stereocenters. The summed E-state index contributed by atoms with van der Waals surface area (Å²) in [5, 5.41) is 119. The van der Waals surface area contributed by atoms with Crippen LogP contribution < -0.4 is 0 Å². The van der Waals surface area contributed by atoms with Gasteiger partial charge in [-0.25, -0.2) is 14.4 Å². The summed E-state index contributed by atoms with van der Waals surface area (Å²) in [5.74, 6) is -8.49. The number of esters is 5. The highest BCUT2D eigenvalue weighted by molar-refractivity contribution is 5.90. The van der Waals surface area contributed by atoms with Crippen molar-refractivity contribution in [3.8, 4) is 11.5 Å². The molecule has 0 radical (unpaired) electrons. The Hall–Kier alpha value is -6.55. The molecule has 442 valence electrons. The van der Waals surface area contributed by atoms with Gasteiger partial charge in [-0.2, -0.15) is 0 Å². The fraction of sp³-hybridized carbons (Fsp3) is 0.491. The smallest absolute Gasteiger partial charge is 0.338 e. The Morgan fingerprint density at radius 2 is 1.01 bits per heavy atom. The first-order valence-corrected chi connectivity index (χ1v) is 25.1. The van der Waals surface area contributed by atoms with Gasteiger partial charge in [0.1, 0.15) is 111 Å². The molecule has 0 bridgehead atoms. The molecular weight excluding hydrogens is 1080 g/mol. The number of ether oxygens (including phenoxy) is 12. The van der Waals surface area contributed by atoms with E-state index in [-0.39, 0.29) is 17.1 Å². The Morgan fingerprint density at radius 1 is 0.519 bits per heavy atom. The number of aliphatic hydroxyl groups excluding tert-OH is 9. The predicted octanol–water partition coefficient (Wildman–Crippen LogP) is -2.80. The average Bonchev–Trinajstić information content (AvgIpc) is 3.58. The molecule has 4 heterocycles. The van der Waals surface area contributed by atoms with E-state index in [0.29, 0.717) is 11.1 Å². The molecular formula is C53H62O28. The van der Waals surface area contributed by atoms with Crippen LogP contribution in [0.3, 0.4) is 0 Å². The summed E-state index contributed by atoms with van der Waals surface area (Å²) in [6.07, 6.45) is -33.4. The van der Waals surface area contributed by atoms with Crippen LogP contribution in [0.25, 0.3) is 12.2 Å². The van der Waals surface area contributed by atoms with Gasteiger partial charge < -0.3 is 113 Å². The quantitative estimate of drug-likeness (QED) is 0.0291. The number of phenolic OH excluding ortho intramolecular Hbond substituents is 2. The minimum absolute atomic E-state index is 0.0870. The maximum absolute atomic E-state index is 14.0. The van der Waals surface area contributed by atoms with Crippen LogP contribution in [0, 0.1) is 0 Å². The van der Waals surface area contributed by atoms with Crippen molar-refractivity contribution in [2.75, 3.05) is 33.0 Å². The largest absolute Gasteiger partial charge is 0.508 e. The van der Waals surface area contributed by atoms with Crippen LogP contribution in [0.15, 0.2) is 91.0 Å². The van der Waals surface area contributed by atoms with Crippen LogP contribution in [0.5, 0.6) is 11.5 Å². The van der Waals surface area contributed by atoms with Gasteiger partial charge in [0.15, 0.2) is 31.1 Å². The van der Waals surface area contributed by atoms with Crippen LogP contribution in [0.1, 0.15) is 35.3 Å². The number of hydrogen-bond donors (Lipinski definition) is 11. The molecule has 28 heteroatoms. The first-order valence-electron chi connectivity index (χ1n) is 25.1. The van der Waals surface area contributed by atoms with E-state index in [0.717, 1.165) is 26.0 Å². The Bertz CT molecular complexity index is 2630. The first kappa shape index (κ1) is 62.1. The zero-order valence-corrected chi connectivity index (χ0v) is 43.1. The number of rotatable bonds is 21. The van der Waals surface area contributed by atoms with Gasteiger partial charge in [0.05, 0.1) is 18.8 Å². The molecule has 11 N–H and O–H groups in total. The lowest BCUT2D eigenvalue weighted by Crippen LogP contribution is -2.69. The lowest BCUT2D eigenvalue weighted by molar-refractivity contribution is -0.421. The fourth-order valence-electron chi connectivity index (χ4n) is 8.85. The van der Waals surface area contributed by atoms with E-state index in [1.54, 1.807) is 6.07 Å². The summed E-state index contributed by atoms with van der Waals surface area (Å²) in [6, 6.07) is 18.2. The molecule has 4 saturated heterocycles. The molecule has 81 heavy (non-hydrogen) atoms. The standard InChI is InChI=1S/C53H62O28/c1-25(56)70-22-34-39(63)42(66)44(68)51(74-34)77-46-45(76-37(61)19-13-28-10-16-31(59)17-11-28)35(23-71-26(2)57)75-52(47(46)78-50-43(67)41(65)38(62)32(20-54)73-50)81-53(24-72-36(60)18-12-27-8-14-30(58)15-9-27)48(40(64)33(21-55)80-53)79-49(69)29-6-4-3-5-7-29/h3-19,32-35,38-48,50-52,54-55,58-59,62-68H,20-24H2,1-2H3/t32-,33-,34-,35-,38-,39-,40-,41+,42+,43-,44-,45-,46+,47-,48+,50+,51+,52-,53+/m1/s1. The van der Waals surface area contributed by atoms with Crippen LogP contribution in [0.2, 0.25) is 0 Å². The van der Waals surface area contributed by atoms with Gasteiger partial charge >= 0.3 is 29.8 Å². The second-order valence-corrected chi connectivity index (χ2v) is 18.9. The van der Waals surface area contributed by atoms with Gasteiger partial charge in [-0.15, -0.1) is 0 Å². The van der Waals surface area contributed by atoms with Crippen LogP contribution in [-0.4, -0.2) is 235 Å². The molecule has 28 nitrogen and oxygen atoms in total. The highest BCUT2D eigenvalue weighted by atomic mass is 16.8. The summed E-state index contributed by atoms with van der Waals surface area (Å²) in [5.41, 5.74) is 0.632. The third-order valence-electron chi connectivity index (χ3n) is 13.1. The number of phenols is 2. The van der Waals surface area contributed by atoms with Gasteiger partial charge in [-0.05, 0) is 59.7 Å². The van der Waals surface area contributed by atoms with Gasteiger partial charge in [-0.1, -0.05) is 42.5 Å². The third kappa shape index (κ3) is 15.5. The van der Waals surface area contributed by atoms with Gasteiger partial charge in [0, 0.05) is 26.0 Å². The Kier molecular flexibility index (Phi) is 21.4. The van der Waals surface area contributed by atoms with Gasteiger partial charge in [-0.3, -0.25) is 9.59 Å². The van der Waals surface area contributed by atoms with E-state index in [9.17, 15) is 80.1 Å². The Balaban J connectivity index is 1.39. The lowest BCUT2D eigenvalue weighted by atomic mass is 9.95. The van der Waals surface area contributed by atoms with Crippen molar-refractivity contribution in [2.24, 2.45) is 0 Å². The number of aliphatic hydroxyl groups is 9. The molecule has 4 aliphatic rings. The predicted molar refractivity (Wildman–Crippen MR) is 265 cm³/mol. The highest BCUT2D eigenvalue weighted by Crippen LogP contribution is 2.42. The molecule has 0 aromatic heterocycles. The minimum Gasteiger partial charge on any atom is -0.508 e. The van der Waals surface area contributed by atoms with E-state index in [1.807, 2.05) is 0 Å². The van der Waals surface area contributed by atoms with Crippen molar-refractivity contribution in [3.05, 3.63) is 108 Å². The second kappa shape index (κ2) is 27.9. The Morgan fingerprint density at radius 3 is 1.56 bits per heavy atom. The molecule has 0 spiro atoms. The minimum atomic E-state index is -2.91. The topological polar surface area (TPSA) is 419 Å². The van der Waals surface area contributed by atoms with E-state index in [2.05, 4.69) is 0 Å². The summed E-state index contributed by atoms with van der Waals surface area (Å²) >= 11 is 0. The van der Waals surface area contributed by atoms with E-state index < -0.39 is 179 Å². The molecule has 0 unspecified atom stereocenters. The van der Waals surface area contributed by atoms with E-state index in [1.165, 1.54) is 84.9 Å². The SMILES string of the molecule is CC(=O)OC[C@H]1O[C@@H](O[C@@H]2[C@@H](O[C@@H]3O[C@H](CO)[C@@H](O)[C@H](O)[C@H]3O)[C@@H](O[C@]3(COC(=O)C=Cc4ccc(O)cc4)O[C@H](CO)[C@@H](O)[C@@H]3OC(=O)c3ccccc3)O[C@H](COC(C)=O)[C@H]2OC(=O)C=Cc2ccc(O)cc2)[C@H](O)[C@@H](O)[C@@H]1O. The Labute approximate surface area is 460 Å². The second-order valence-electron chi connectivity index (χ2n) is 18.9. The molecule has 7 rings (SSSR count). The van der Waals surface area contributed by atoms with Crippen LogP contribution in [0.4, 0.5) is 0 Å².